The minimum absolute atomic E-state index is 0.458. The molecule has 2 aliphatic rings. The van der Waals surface area contributed by atoms with Crippen LogP contribution in [0.3, 0.4) is 0 Å². The second kappa shape index (κ2) is 7.57. The molecule has 1 unspecified atom stereocenters. The van der Waals surface area contributed by atoms with Crippen LogP contribution in [-0.4, -0.2) is 62.7 Å². The first-order chi connectivity index (χ1) is 14.2. The third kappa shape index (κ3) is 3.63. The van der Waals surface area contributed by atoms with Gasteiger partial charge in [-0.3, -0.25) is 9.91 Å². The topological polar surface area (TPSA) is 52.8 Å². The van der Waals surface area contributed by atoms with E-state index in [-0.39, 0.29) is 0 Å². The Balaban J connectivity index is 1.32. The van der Waals surface area contributed by atoms with Crippen molar-refractivity contribution in [2.75, 3.05) is 38.2 Å². The molecule has 150 valence electrons. The van der Waals surface area contributed by atoms with Crippen LogP contribution in [0.2, 0.25) is 0 Å². The summed E-state index contributed by atoms with van der Waals surface area (Å²) in [6.45, 7) is 6.21. The van der Waals surface area contributed by atoms with Crippen molar-refractivity contribution in [1.82, 2.24) is 29.5 Å². The van der Waals surface area contributed by atoms with Crippen molar-refractivity contribution in [2.24, 2.45) is 0 Å². The number of likely N-dealkylation sites (tertiary alicyclic amines) is 1. The summed E-state index contributed by atoms with van der Waals surface area (Å²) in [7, 11) is 2.15. The standard InChI is InChI=1S/C22H27N7/c1-17-11-21(29-22(25-17)23-16-24-29)19-7-6-10-27(15-19)13-18-12-26(2)28(14-18)20-8-4-3-5-9-20/h3-5,8-9,11,14,16,19H,6-7,10,12-13,15H2,1-2H3. The van der Waals surface area contributed by atoms with Gasteiger partial charge in [-0.25, -0.2) is 14.5 Å². The lowest BCUT2D eigenvalue weighted by Gasteiger charge is -2.33. The molecule has 0 radical (unpaired) electrons. The minimum atomic E-state index is 0.458. The highest BCUT2D eigenvalue weighted by atomic mass is 15.6. The molecule has 1 saturated heterocycles. The van der Waals surface area contributed by atoms with E-state index in [1.165, 1.54) is 29.8 Å². The molecule has 3 aromatic rings. The molecule has 7 nitrogen and oxygen atoms in total. The Hall–Kier alpha value is -2.77. The fourth-order valence-corrected chi connectivity index (χ4v) is 4.60. The summed E-state index contributed by atoms with van der Waals surface area (Å²) in [5.41, 5.74) is 4.91. The van der Waals surface area contributed by atoms with Crippen LogP contribution < -0.4 is 5.01 Å². The average molecular weight is 390 g/mol. The third-order valence-electron chi connectivity index (χ3n) is 5.88. The zero-order valence-electron chi connectivity index (χ0n) is 17.1. The van der Waals surface area contributed by atoms with E-state index in [2.05, 4.69) is 79.6 Å². The smallest absolute Gasteiger partial charge is 0.252 e. The van der Waals surface area contributed by atoms with Gasteiger partial charge in [-0.1, -0.05) is 18.2 Å². The quantitative estimate of drug-likeness (QED) is 0.684. The van der Waals surface area contributed by atoms with Gasteiger partial charge in [0.2, 0.25) is 0 Å². The molecular weight excluding hydrogens is 362 g/mol. The Morgan fingerprint density at radius 2 is 2.03 bits per heavy atom. The summed E-state index contributed by atoms with van der Waals surface area (Å²) in [6, 6.07) is 12.7. The van der Waals surface area contributed by atoms with Crippen LogP contribution in [0.4, 0.5) is 5.69 Å². The third-order valence-corrected chi connectivity index (χ3v) is 5.88. The van der Waals surface area contributed by atoms with Gasteiger partial charge in [0.15, 0.2) is 0 Å². The molecule has 0 spiro atoms. The summed E-state index contributed by atoms with van der Waals surface area (Å²) in [5, 5.41) is 8.94. The number of hydrogen-bond acceptors (Lipinski definition) is 6. The first-order valence-corrected chi connectivity index (χ1v) is 10.3. The van der Waals surface area contributed by atoms with Crippen molar-refractivity contribution >= 4 is 11.5 Å². The van der Waals surface area contributed by atoms with E-state index < -0.39 is 0 Å². The molecule has 1 aromatic carbocycles. The van der Waals surface area contributed by atoms with Crippen LogP contribution in [0.15, 0.2) is 54.5 Å². The molecule has 0 saturated carbocycles. The first-order valence-electron chi connectivity index (χ1n) is 10.3. The number of aryl methyl sites for hydroxylation is 1. The molecule has 2 aliphatic heterocycles. The highest BCUT2D eigenvalue weighted by Crippen LogP contribution is 2.29. The summed E-state index contributed by atoms with van der Waals surface area (Å²) >= 11 is 0. The van der Waals surface area contributed by atoms with Crippen molar-refractivity contribution < 1.29 is 0 Å². The van der Waals surface area contributed by atoms with Crippen molar-refractivity contribution in [3.63, 3.8) is 0 Å². The van der Waals surface area contributed by atoms with Gasteiger partial charge in [-0.2, -0.15) is 10.1 Å². The fourth-order valence-electron chi connectivity index (χ4n) is 4.60. The summed E-state index contributed by atoms with van der Waals surface area (Å²) < 4.78 is 1.92. The minimum Gasteiger partial charge on any atom is -0.299 e. The number of aromatic nitrogens is 4. The zero-order valence-corrected chi connectivity index (χ0v) is 17.1. The van der Waals surface area contributed by atoms with E-state index in [0.717, 1.165) is 31.9 Å². The lowest BCUT2D eigenvalue weighted by atomic mass is 9.93. The number of nitrogens with zero attached hydrogens (tertiary/aromatic N) is 7. The number of anilines is 1. The average Bonchev–Trinajstić information content (AvgIpc) is 3.34. The van der Waals surface area contributed by atoms with Crippen LogP contribution in [-0.2, 0) is 0 Å². The van der Waals surface area contributed by atoms with E-state index in [0.29, 0.717) is 11.7 Å². The van der Waals surface area contributed by atoms with Gasteiger partial charge in [-0.05, 0) is 50.1 Å². The summed E-state index contributed by atoms with van der Waals surface area (Å²) in [5.74, 6) is 1.16. The number of fused-ring (bicyclic) bond motifs is 1. The van der Waals surface area contributed by atoms with Gasteiger partial charge in [-0.15, -0.1) is 0 Å². The molecule has 0 bridgehead atoms. The molecule has 2 aromatic heterocycles. The Kier molecular flexibility index (Phi) is 4.77. The lowest BCUT2D eigenvalue weighted by Crippen LogP contribution is -2.37. The molecule has 5 rings (SSSR count). The normalized spacial score (nSPS) is 21.1. The zero-order chi connectivity index (χ0) is 19.8. The Bertz CT molecular complexity index is 1030. The number of piperidine rings is 1. The number of benzene rings is 1. The molecule has 0 N–H and O–H groups in total. The maximum atomic E-state index is 4.49. The van der Waals surface area contributed by atoms with E-state index in [4.69, 9.17) is 0 Å². The van der Waals surface area contributed by atoms with Crippen molar-refractivity contribution in [2.45, 2.75) is 25.7 Å². The SMILES string of the molecule is Cc1cc(C2CCCN(CC3=CN(c4ccccc4)N(C)C3)C2)n2ncnc2n1. The molecule has 0 aliphatic carbocycles. The van der Waals surface area contributed by atoms with Crippen molar-refractivity contribution in [3.05, 3.63) is 65.9 Å². The molecule has 7 heteroatoms. The predicted molar refractivity (Wildman–Crippen MR) is 114 cm³/mol. The van der Waals surface area contributed by atoms with Gasteiger partial charge in [0.1, 0.15) is 6.33 Å². The van der Waals surface area contributed by atoms with Gasteiger partial charge < -0.3 is 0 Å². The molecule has 0 amide bonds. The first kappa shape index (κ1) is 18.3. The summed E-state index contributed by atoms with van der Waals surface area (Å²) in [6.07, 6.45) is 6.28. The second-order valence-corrected chi connectivity index (χ2v) is 8.15. The maximum absolute atomic E-state index is 4.49. The van der Waals surface area contributed by atoms with Crippen LogP contribution in [0.1, 0.15) is 30.1 Å². The van der Waals surface area contributed by atoms with E-state index in [9.17, 15) is 0 Å². The molecule has 29 heavy (non-hydrogen) atoms. The monoisotopic (exact) mass is 389 g/mol. The molecule has 1 atom stereocenters. The number of hydrazine groups is 1. The van der Waals surface area contributed by atoms with E-state index in [1.54, 1.807) is 6.33 Å². The predicted octanol–water partition coefficient (Wildman–Crippen LogP) is 2.86. The second-order valence-electron chi connectivity index (χ2n) is 8.15. The van der Waals surface area contributed by atoms with Gasteiger partial charge >= 0.3 is 0 Å². The van der Waals surface area contributed by atoms with Crippen molar-refractivity contribution in [1.29, 1.82) is 0 Å². The highest BCUT2D eigenvalue weighted by molar-refractivity contribution is 5.50. The van der Waals surface area contributed by atoms with Crippen LogP contribution in [0, 0.1) is 6.92 Å². The van der Waals surface area contributed by atoms with Gasteiger partial charge in [0, 0.05) is 44.5 Å². The lowest BCUT2D eigenvalue weighted by molar-refractivity contribution is 0.217. The number of para-hydroxylation sites is 1. The molecule has 1 fully saturated rings. The summed E-state index contributed by atoms with van der Waals surface area (Å²) in [4.78, 5) is 11.4. The Morgan fingerprint density at radius 3 is 2.90 bits per heavy atom. The maximum Gasteiger partial charge on any atom is 0.252 e. The van der Waals surface area contributed by atoms with E-state index >= 15 is 0 Å². The van der Waals surface area contributed by atoms with Gasteiger partial charge in [0.05, 0.1) is 11.4 Å². The van der Waals surface area contributed by atoms with E-state index in [1.807, 2.05) is 11.4 Å². The number of rotatable bonds is 4. The van der Waals surface area contributed by atoms with Crippen LogP contribution in [0.25, 0.3) is 5.78 Å². The molecule has 4 heterocycles. The Labute approximate surface area is 171 Å². The Morgan fingerprint density at radius 1 is 1.17 bits per heavy atom. The highest BCUT2D eigenvalue weighted by Gasteiger charge is 2.27. The van der Waals surface area contributed by atoms with Crippen molar-refractivity contribution in [3.8, 4) is 0 Å². The molecular formula is C22H27N7. The number of likely N-dealkylation sites (N-methyl/N-ethyl adjacent to an activating group) is 1. The van der Waals surface area contributed by atoms with Gasteiger partial charge in [0.25, 0.3) is 5.78 Å². The van der Waals surface area contributed by atoms with Crippen LogP contribution in [0.5, 0.6) is 0 Å². The van der Waals surface area contributed by atoms with Crippen LogP contribution >= 0.6 is 0 Å². The number of hydrogen-bond donors (Lipinski definition) is 0. The largest absolute Gasteiger partial charge is 0.299 e. The fraction of sp³-hybridized carbons (Fsp3) is 0.409.